The van der Waals surface area contributed by atoms with Gasteiger partial charge in [-0.3, -0.25) is 0 Å². The van der Waals surface area contributed by atoms with Crippen LogP contribution >= 0.6 is 0 Å². The van der Waals surface area contributed by atoms with Gasteiger partial charge in [-0.05, 0) is 36.6 Å². The molecule has 1 saturated heterocycles. The Morgan fingerprint density at radius 1 is 1.50 bits per heavy atom. The quantitative estimate of drug-likeness (QED) is 0.766. The Hall–Kier alpha value is -1.13. The van der Waals surface area contributed by atoms with Crippen LogP contribution in [0.1, 0.15) is 22.8 Å². The number of morpholine rings is 1. The number of aryl methyl sites for hydroxylation is 1. The molecule has 0 aromatic heterocycles. The number of nitrogens with one attached hydrogen (secondary N) is 1. The number of aromatic hydroxyl groups is 1. The number of hydrogen-bond acceptors (Lipinski definition) is 3. The second-order valence-corrected chi connectivity index (χ2v) is 4.13. The van der Waals surface area contributed by atoms with Crippen molar-refractivity contribution in [2.24, 2.45) is 0 Å². The maximum absolute atomic E-state index is 13.4. The van der Waals surface area contributed by atoms with Crippen molar-refractivity contribution >= 4 is 0 Å². The summed E-state index contributed by atoms with van der Waals surface area (Å²) in [7, 11) is 0. The van der Waals surface area contributed by atoms with E-state index in [1.54, 1.807) is 19.9 Å². The first-order chi connectivity index (χ1) is 7.61. The lowest BCUT2D eigenvalue weighted by Crippen LogP contribution is -2.33. The fourth-order valence-corrected chi connectivity index (χ4v) is 1.99. The van der Waals surface area contributed by atoms with E-state index < -0.39 is 5.82 Å². The van der Waals surface area contributed by atoms with Crippen LogP contribution < -0.4 is 5.32 Å². The topological polar surface area (TPSA) is 41.5 Å². The summed E-state index contributed by atoms with van der Waals surface area (Å²) in [4.78, 5) is 0. The first-order valence-electron chi connectivity index (χ1n) is 5.42. The van der Waals surface area contributed by atoms with E-state index in [-0.39, 0.29) is 11.9 Å². The molecule has 1 aliphatic heterocycles. The predicted octanol–water partition coefficient (Wildman–Crippen LogP) is 1.81. The lowest BCUT2D eigenvalue weighted by molar-refractivity contribution is 0.0271. The molecule has 1 aromatic carbocycles. The number of phenolic OH excluding ortho intramolecular Hbond substituents is 1. The smallest absolute Gasteiger partial charge is 0.167 e. The maximum atomic E-state index is 13.4. The van der Waals surface area contributed by atoms with Gasteiger partial charge in [-0.25, -0.2) is 4.39 Å². The molecule has 0 amide bonds. The van der Waals surface area contributed by atoms with E-state index in [1.165, 1.54) is 0 Å². The molecule has 0 aliphatic carbocycles. The van der Waals surface area contributed by atoms with Crippen LogP contribution in [0.25, 0.3) is 0 Å². The molecule has 0 saturated carbocycles. The molecule has 0 radical (unpaired) electrons. The van der Waals surface area contributed by atoms with Crippen LogP contribution in [0.2, 0.25) is 0 Å². The molecular weight excluding hydrogens is 209 g/mol. The van der Waals surface area contributed by atoms with Gasteiger partial charge in [0.25, 0.3) is 0 Å². The zero-order valence-electron chi connectivity index (χ0n) is 9.51. The number of benzene rings is 1. The summed E-state index contributed by atoms with van der Waals surface area (Å²) in [5.41, 5.74) is 1.88. The minimum absolute atomic E-state index is 0.0982. The average molecular weight is 225 g/mol. The lowest BCUT2D eigenvalue weighted by Gasteiger charge is -2.26. The Morgan fingerprint density at radius 2 is 2.25 bits per heavy atom. The third-order valence-corrected chi connectivity index (χ3v) is 2.99. The third-order valence-electron chi connectivity index (χ3n) is 2.99. The van der Waals surface area contributed by atoms with E-state index >= 15 is 0 Å². The Balaban J connectivity index is 2.40. The summed E-state index contributed by atoms with van der Waals surface area (Å²) < 4.78 is 19.0. The number of rotatable bonds is 1. The minimum Gasteiger partial charge on any atom is -0.505 e. The molecule has 1 atom stereocenters. The highest BCUT2D eigenvalue weighted by molar-refractivity contribution is 5.44. The maximum Gasteiger partial charge on any atom is 0.167 e. The SMILES string of the molecule is Cc1cc(C2CNCCO2)c(C)c(O)c1F. The minimum atomic E-state index is -0.537. The van der Waals surface area contributed by atoms with Gasteiger partial charge in [0, 0.05) is 13.1 Å². The summed E-state index contributed by atoms with van der Waals surface area (Å²) in [6.45, 7) is 5.54. The first kappa shape index (κ1) is 11.4. The Labute approximate surface area is 94.2 Å². The van der Waals surface area contributed by atoms with Gasteiger partial charge in [0.2, 0.25) is 0 Å². The van der Waals surface area contributed by atoms with Gasteiger partial charge in [-0.1, -0.05) is 0 Å². The second kappa shape index (κ2) is 4.39. The van der Waals surface area contributed by atoms with Crippen LogP contribution in [-0.2, 0) is 4.74 Å². The predicted molar refractivity (Wildman–Crippen MR) is 59.1 cm³/mol. The van der Waals surface area contributed by atoms with Crippen LogP contribution in [0, 0.1) is 19.7 Å². The van der Waals surface area contributed by atoms with Gasteiger partial charge in [0.15, 0.2) is 11.6 Å². The molecule has 1 aliphatic rings. The summed E-state index contributed by atoms with van der Waals surface area (Å²) in [5, 5.41) is 12.9. The van der Waals surface area contributed by atoms with Gasteiger partial charge in [0.1, 0.15) is 0 Å². The fraction of sp³-hybridized carbons (Fsp3) is 0.500. The van der Waals surface area contributed by atoms with Crippen molar-refractivity contribution in [1.82, 2.24) is 5.32 Å². The fourth-order valence-electron chi connectivity index (χ4n) is 1.99. The Bertz CT molecular complexity index is 400. The second-order valence-electron chi connectivity index (χ2n) is 4.13. The standard InChI is InChI=1S/C12H16FNO2/c1-7-5-9(8(2)12(15)11(7)13)10-6-14-3-4-16-10/h5,10,14-15H,3-4,6H2,1-2H3. The van der Waals surface area contributed by atoms with E-state index in [9.17, 15) is 9.50 Å². The molecule has 2 rings (SSSR count). The number of ether oxygens (including phenoxy) is 1. The van der Waals surface area contributed by atoms with Crippen molar-refractivity contribution in [3.05, 3.63) is 28.6 Å². The number of halogens is 1. The molecule has 1 heterocycles. The van der Waals surface area contributed by atoms with Crippen molar-refractivity contribution in [2.75, 3.05) is 19.7 Å². The normalized spacial score (nSPS) is 21.1. The highest BCUT2D eigenvalue weighted by Crippen LogP contribution is 2.32. The molecular formula is C12H16FNO2. The summed E-state index contributed by atoms with van der Waals surface area (Å²) in [6, 6.07) is 1.75. The van der Waals surface area contributed by atoms with Gasteiger partial charge in [-0.15, -0.1) is 0 Å². The zero-order chi connectivity index (χ0) is 11.7. The Kier molecular flexibility index (Phi) is 3.12. The molecule has 88 valence electrons. The van der Waals surface area contributed by atoms with Crippen molar-refractivity contribution in [3.8, 4) is 5.75 Å². The van der Waals surface area contributed by atoms with Crippen LogP contribution in [0.3, 0.4) is 0 Å². The highest BCUT2D eigenvalue weighted by atomic mass is 19.1. The molecule has 1 unspecified atom stereocenters. The molecule has 1 fully saturated rings. The summed E-state index contributed by atoms with van der Waals surface area (Å²) in [5.74, 6) is -0.797. The number of phenols is 1. The van der Waals surface area contributed by atoms with E-state index in [2.05, 4.69) is 5.32 Å². The first-order valence-corrected chi connectivity index (χ1v) is 5.42. The van der Waals surface area contributed by atoms with Crippen LogP contribution in [0.4, 0.5) is 4.39 Å². The van der Waals surface area contributed by atoms with Crippen molar-refractivity contribution in [2.45, 2.75) is 20.0 Å². The molecule has 3 nitrogen and oxygen atoms in total. The molecule has 0 spiro atoms. The summed E-state index contributed by atoms with van der Waals surface area (Å²) in [6.07, 6.45) is -0.0982. The Morgan fingerprint density at radius 3 is 2.88 bits per heavy atom. The van der Waals surface area contributed by atoms with Gasteiger partial charge < -0.3 is 15.2 Å². The average Bonchev–Trinajstić information content (AvgIpc) is 2.32. The molecule has 4 heteroatoms. The number of hydrogen-bond donors (Lipinski definition) is 2. The summed E-state index contributed by atoms with van der Waals surface area (Å²) >= 11 is 0. The van der Waals surface area contributed by atoms with E-state index in [0.717, 1.165) is 12.1 Å². The zero-order valence-corrected chi connectivity index (χ0v) is 9.51. The molecule has 2 N–H and O–H groups in total. The van der Waals surface area contributed by atoms with E-state index in [0.29, 0.717) is 24.3 Å². The monoisotopic (exact) mass is 225 g/mol. The van der Waals surface area contributed by atoms with E-state index in [1.807, 2.05) is 0 Å². The third kappa shape index (κ3) is 1.90. The lowest BCUT2D eigenvalue weighted by atomic mass is 9.98. The van der Waals surface area contributed by atoms with E-state index in [4.69, 9.17) is 4.74 Å². The van der Waals surface area contributed by atoms with Crippen LogP contribution in [-0.4, -0.2) is 24.8 Å². The van der Waals surface area contributed by atoms with Crippen LogP contribution in [0.5, 0.6) is 5.75 Å². The molecule has 16 heavy (non-hydrogen) atoms. The molecule has 1 aromatic rings. The highest BCUT2D eigenvalue weighted by Gasteiger charge is 2.21. The van der Waals surface area contributed by atoms with Gasteiger partial charge in [-0.2, -0.15) is 0 Å². The largest absolute Gasteiger partial charge is 0.505 e. The van der Waals surface area contributed by atoms with Crippen molar-refractivity contribution in [1.29, 1.82) is 0 Å². The van der Waals surface area contributed by atoms with Gasteiger partial charge in [0.05, 0.1) is 12.7 Å². The molecule has 0 bridgehead atoms. The van der Waals surface area contributed by atoms with Crippen LogP contribution in [0.15, 0.2) is 6.07 Å². The van der Waals surface area contributed by atoms with Gasteiger partial charge >= 0.3 is 0 Å². The van der Waals surface area contributed by atoms with Crippen molar-refractivity contribution < 1.29 is 14.2 Å². The van der Waals surface area contributed by atoms with Crippen molar-refractivity contribution in [3.63, 3.8) is 0 Å².